The van der Waals surface area contributed by atoms with Crippen molar-refractivity contribution >= 4 is 17.3 Å². The van der Waals surface area contributed by atoms with Gasteiger partial charge in [0.1, 0.15) is 12.4 Å². The van der Waals surface area contributed by atoms with Crippen molar-refractivity contribution < 1.29 is 28.6 Å². The predicted molar refractivity (Wildman–Crippen MR) is 92.6 cm³/mol. The molecular formula is C16H24ClNO7. The van der Waals surface area contributed by atoms with Crippen molar-refractivity contribution in [3.63, 3.8) is 0 Å². The molecule has 0 amide bonds. The quantitative estimate of drug-likeness (QED) is 0.189. The fourth-order valence-corrected chi connectivity index (χ4v) is 1.81. The van der Waals surface area contributed by atoms with Crippen LogP contribution in [0, 0.1) is 10.1 Å². The number of alkyl halides is 1. The summed E-state index contributed by atoms with van der Waals surface area (Å²) in [7, 11) is 0. The molecule has 1 aromatic rings. The highest BCUT2D eigenvalue weighted by atomic mass is 35.5. The molecule has 0 fully saturated rings. The van der Waals surface area contributed by atoms with Crippen molar-refractivity contribution in [2.24, 2.45) is 0 Å². The monoisotopic (exact) mass is 377 g/mol. The Hall–Kier alpha value is -1.45. The molecule has 0 radical (unpaired) electrons. The summed E-state index contributed by atoms with van der Waals surface area (Å²) in [6.45, 7) is 4.31. The minimum absolute atomic E-state index is 0.0347. The Morgan fingerprint density at radius 3 is 1.64 bits per heavy atom. The van der Waals surface area contributed by atoms with Gasteiger partial charge in [-0.3, -0.25) is 10.1 Å². The van der Waals surface area contributed by atoms with Crippen LogP contribution in [0.2, 0.25) is 0 Å². The summed E-state index contributed by atoms with van der Waals surface area (Å²) < 4.78 is 26.6. The van der Waals surface area contributed by atoms with Gasteiger partial charge in [0, 0.05) is 18.0 Å². The fraction of sp³-hybridized carbons (Fsp3) is 0.625. The first-order valence-corrected chi connectivity index (χ1v) is 8.51. The maximum Gasteiger partial charge on any atom is 0.269 e. The van der Waals surface area contributed by atoms with Crippen molar-refractivity contribution in [2.75, 3.05) is 65.3 Å². The summed E-state index contributed by atoms with van der Waals surface area (Å²) >= 11 is 5.46. The molecule has 0 aliphatic rings. The van der Waals surface area contributed by atoms with Gasteiger partial charge in [0.2, 0.25) is 0 Å². The van der Waals surface area contributed by atoms with Gasteiger partial charge in [0.05, 0.1) is 57.8 Å². The van der Waals surface area contributed by atoms with Crippen molar-refractivity contribution in [1.82, 2.24) is 0 Å². The van der Waals surface area contributed by atoms with E-state index in [1.54, 1.807) is 12.1 Å². The number of ether oxygens (including phenoxy) is 5. The van der Waals surface area contributed by atoms with E-state index in [-0.39, 0.29) is 5.69 Å². The lowest BCUT2D eigenvalue weighted by Crippen LogP contribution is -2.14. The van der Waals surface area contributed by atoms with E-state index in [0.717, 1.165) is 0 Å². The number of nitro benzene ring substituents is 1. The molecule has 9 heteroatoms. The Labute approximate surface area is 152 Å². The number of rotatable bonds is 16. The molecule has 0 aliphatic carbocycles. The number of nitro groups is 1. The first-order valence-electron chi connectivity index (χ1n) is 7.98. The Morgan fingerprint density at radius 2 is 1.20 bits per heavy atom. The summed E-state index contributed by atoms with van der Waals surface area (Å²) in [5.41, 5.74) is 0.0347. The van der Waals surface area contributed by atoms with E-state index >= 15 is 0 Å². The van der Waals surface area contributed by atoms with E-state index in [9.17, 15) is 10.1 Å². The molecule has 0 spiro atoms. The van der Waals surface area contributed by atoms with Crippen molar-refractivity contribution in [3.8, 4) is 5.75 Å². The Kier molecular flexibility index (Phi) is 12.8. The van der Waals surface area contributed by atoms with Crippen LogP contribution in [0.15, 0.2) is 24.3 Å². The number of nitrogens with zero attached hydrogens (tertiary/aromatic N) is 1. The van der Waals surface area contributed by atoms with E-state index < -0.39 is 4.92 Å². The number of non-ortho nitro benzene ring substituents is 1. The van der Waals surface area contributed by atoms with E-state index in [4.69, 9.17) is 35.3 Å². The maximum absolute atomic E-state index is 10.5. The van der Waals surface area contributed by atoms with Crippen molar-refractivity contribution in [3.05, 3.63) is 34.4 Å². The van der Waals surface area contributed by atoms with Crippen LogP contribution in [-0.4, -0.2) is 70.3 Å². The SMILES string of the molecule is O=[N+]([O-])c1ccc(OCCOCCOCCOCCOCCCl)cc1. The molecular weight excluding hydrogens is 354 g/mol. The van der Waals surface area contributed by atoms with Crippen LogP contribution in [0.25, 0.3) is 0 Å². The molecule has 142 valence electrons. The van der Waals surface area contributed by atoms with Gasteiger partial charge in [-0.25, -0.2) is 0 Å². The molecule has 0 atom stereocenters. The van der Waals surface area contributed by atoms with Gasteiger partial charge in [-0.05, 0) is 12.1 Å². The molecule has 0 unspecified atom stereocenters. The summed E-state index contributed by atoms with van der Waals surface area (Å²) in [5, 5.41) is 10.5. The molecule has 0 saturated heterocycles. The van der Waals surface area contributed by atoms with E-state index in [1.807, 2.05) is 0 Å². The van der Waals surface area contributed by atoms with E-state index in [0.29, 0.717) is 71.1 Å². The summed E-state index contributed by atoms with van der Waals surface area (Å²) in [4.78, 5) is 10.1. The van der Waals surface area contributed by atoms with E-state index in [1.165, 1.54) is 12.1 Å². The molecule has 0 heterocycles. The maximum atomic E-state index is 10.5. The van der Waals surface area contributed by atoms with Gasteiger partial charge < -0.3 is 23.7 Å². The van der Waals surface area contributed by atoms with Crippen LogP contribution in [0.4, 0.5) is 5.69 Å². The van der Waals surface area contributed by atoms with Crippen LogP contribution < -0.4 is 4.74 Å². The van der Waals surface area contributed by atoms with Crippen LogP contribution in [-0.2, 0) is 18.9 Å². The molecule has 0 N–H and O–H groups in total. The number of benzene rings is 1. The standard InChI is InChI=1S/C16H24ClNO7/c17-5-6-21-7-8-22-9-10-23-11-12-24-13-14-25-16-3-1-15(2-4-16)18(19)20/h1-4H,5-14H2. The average molecular weight is 378 g/mol. The Balaban J connectivity index is 1.85. The van der Waals surface area contributed by atoms with Gasteiger partial charge in [-0.2, -0.15) is 0 Å². The number of halogens is 1. The second kappa shape index (κ2) is 14.9. The Morgan fingerprint density at radius 1 is 0.760 bits per heavy atom. The van der Waals surface area contributed by atoms with Crippen LogP contribution >= 0.6 is 11.6 Å². The lowest BCUT2D eigenvalue weighted by atomic mass is 10.3. The first-order chi connectivity index (χ1) is 12.2. The molecule has 0 bridgehead atoms. The predicted octanol–water partition coefficient (Wildman–Crippen LogP) is 2.28. The third-order valence-corrected chi connectivity index (χ3v) is 3.04. The zero-order valence-electron chi connectivity index (χ0n) is 14.1. The molecule has 8 nitrogen and oxygen atoms in total. The smallest absolute Gasteiger partial charge is 0.269 e. The van der Waals surface area contributed by atoms with Crippen LogP contribution in [0.3, 0.4) is 0 Å². The van der Waals surface area contributed by atoms with Crippen molar-refractivity contribution in [2.45, 2.75) is 0 Å². The van der Waals surface area contributed by atoms with Crippen molar-refractivity contribution in [1.29, 1.82) is 0 Å². The topological polar surface area (TPSA) is 89.3 Å². The third-order valence-electron chi connectivity index (χ3n) is 2.88. The average Bonchev–Trinajstić information content (AvgIpc) is 2.62. The molecule has 0 aromatic heterocycles. The lowest BCUT2D eigenvalue weighted by molar-refractivity contribution is -0.384. The van der Waals surface area contributed by atoms with Crippen LogP contribution in [0.5, 0.6) is 5.75 Å². The van der Waals surface area contributed by atoms with Gasteiger partial charge >= 0.3 is 0 Å². The zero-order valence-corrected chi connectivity index (χ0v) is 14.8. The van der Waals surface area contributed by atoms with Crippen LogP contribution in [0.1, 0.15) is 0 Å². The van der Waals surface area contributed by atoms with E-state index in [2.05, 4.69) is 0 Å². The summed E-state index contributed by atoms with van der Waals surface area (Å²) in [6, 6.07) is 5.91. The van der Waals surface area contributed by atoms with Gasteiger partial charge in [0.15, 0.2) is 0 Å². The lowest BCUT2D eigenvalue weighted by Gasteiger charge is -2.08. The molecule has 1 rings (SSSR count). The minimum Gasteiger partial charge on any atom is -0.491 e. The number of hydrogen-bond acceptors (Lipinski definition) is 7. The zero-order chi connectivity index (χ0) is 18.2. The van der Waals surface area contributed by atoms with Gasteiger partial charge in [0.25, 0.3) is 5.69 Å². The highest BCUT2D eigenvalue weighted by molar-refractivity contribution is 6.17. The molecule has 0 saturated carbocycles. The fourth-order valence-electron chi connectivity index (χ4n) is 1.70. The van der Waals surface area contributed by atoms with Gasteiger partial charge in [-0.1, -0.05) is 0 Å². The first kappa shape index (κ1) is 21.6. The number of hydrogen-bond donors (Lipinski definition) is 0. The molecule has 25 heavy (non-hydrogen) atoms. The second-order valence-corrected chi connectivity index (χ2v) is 5.12. The largest absolute Gasteiger partial charge is 0.491 e. The molecule has 0 aliphatic heterocycles. The normalized spacial score (nSPS) is 10.8. The third kappa shape index (κ3) is 11.7. The summed E-state index contributed by atoms with van der Waals surface area (Å²) in [5.74, 6) is 1.06. The second-order valence-electron chi connectivity index (χ2n) is 4.74. The highest BCUT2D eigenvalue weighted by Crippen LogP contribution is 2.16. The van der Waals surface area contributed by atoms with Gasteiger partial charge in [-0.15, -0.1) is 11.6 Å². The molecule has 1 aromatic carbocycles. The minimum atomic E-state index is -0.451. The Bertz CT molecular complexity index is 458. The highest BCUT2D eigenvalue weighted by Gasteiger charge is 2.04. The summed E-state index contributed by atoms with van der Waals surface area (Å²) in [6.07, 6.45) is 0.